The molecular weight excluding hydrogens is 382 g/mol. The molecule has 1 aromatic carbocycles. The van der Waals surface area contributed by atoms with Crippen LogP contribution in [0, 0.1) is 13.8 Å². The largest absolute Gasteiger partial charge is 0.474 e. The van der Waals surface area contributed by atoms with Gasteiger partial charge in [-0.2, -0.15) is 0 Å². The molecule has 8 nitrogen and oxygen atoms in total. The van der Waals surface area contributed by atoms with E-state index >= 15 is 0 Å². The molecule has 9 heteroatoms. The highest BCUT2D eigenvalue weighted by Gasteiger charge is 2.23. The van der Waals surface area contributed by atoms with Gasteiger partial charge in [0.15, 0.2) is 0 Å². The minimum absolute atomic E-state index is 0.102. The average molecular weight is 407 g/mol. The molecular formula is C19H25N3O5S. The number of nitrogens with zero attached hydrogens (tertiary/aromatic N) is 2. The SMILES string of the molecule is COCCOc1ncccc1NC(=O)c1cc(C)c(C)c(S(=O)(=O)N(C)C)c1. The number of hydrogen-bond acceptors (Lipinski definition) is 6. The Bertz CT molecular complexity index is 958. The van der Waals surface area contributed by atoms with Crippen LogP contribution in [0.1, 0.15) is 21.5 Å². The van der Waals surface area contributed by atoms with Crippen LogP contribution in [0.3, 0.4) is 0 Å². The molecule has 28 heavy (non-hydrogen) atoms. The van der Waals surface area contributed by atoms with Gasteiger partial charge in [0.2, 0.25) is 15.9 Å². The molecule has 0 aliphatic carbocycles. The molecule has 0 unspecified atom stereocenters. The van der Waals surface area contributed by atoms with E-state index in [1.165, 1.54) is 20.2 Å². The molecule has 1 N–H and O–H groups in total. The molecule has 0 atom stereocenters. The fourth-order valence-electron chi connectivity index (χ4n) is 2.44. The summed E-state index contributed by atoms with van der Waals surface area (Å²) in [5.74, 6) is -0.194. The van der Waals surface area contributed by atoms with Gasteiger partial charge in [-0.3, -0.25) is 4.79 Å². The van der Waals surface area contributed by atoms with Crippen LogP contribution >= 0.6 is 0 Å². The van der Waals surface area contributed by atoms with Crippen LogP contribution in [-0.2, 0) is 14.8 Å². The van der Waals surface area contributed by atoms with Gasteiger partial charge < -0.3 is 14.8 Å². The molecule has 0 aliphatic rings. The lowest BCUT2D eigenvalue weighted by Gasteiger charge is -2.17. The number of methoxy groups -OCH3 is 1. The normalized spacial score (nSPS) is 11.5. The van der Waals surface area contributed by atoms with Crippen LogP contribution in [0.15, 0.2) is 35.4 Å². The van der Waals surface area contributed by atoms with E-state index in [1.807, 2.05) is 0 Å². The predicted molar refractivity (Wildman–Crippen MR) is 106 cm³/mol. The van der Waals surface area contributed by atoms with Crippen molar-refractivity contribution in [3.05, 3.63) is 47.2 Å². The molecule has 2 aromatic rings. The lowest BCUT2D eigenvalue weighted by molar-refractivity contribution is 0.102. The number of aromatic nitrogens is 1. The molecule has 152 valence electrons. The van der Waals surface area contributed by atoms with Crippen LogP contribution in [0.5, 0.6) is 5.88 Å². The Morgan fingerprint density at radius 3 is 2.57 bits per heavy atom. The van der Waals surface area contributed by atoms with Crippen LogP contribution in [0.4, 0.5) is 5.69 Å². The number of anilines is 1. The van der Waals surface area contributed by atoms with E-state index in [1.54, 1.807) is 45.4 Å². The lowest BCUT2D eigenvalue weighted by Crippen LogP contribution is -2.24. The van der Waals surface area contributed by atoms with E-state index in [4.69, 9.17) is 9.47 Å². The minimum atomic E-state index is -3.68. The third-order valence-corrected chi connectivity index (χ3v) is 6.13. The number of benzene rings is 1. The number of rotatable bonds is 8. The first-order valence-electron chi connectivity index (χ1n) is 8.60. The molecule has 0 saturated heterocycles. The maximum absolute atomic E-state index is 12.8. The Balaban J connectivity index is 2.35. The molecule has 1 amide bonds. The van der Waals surface area contributed by atoms with Gasteiger partial charge in [-0.1, -0.05) is 0 Å². The Kier molecular flexibility index (Phi) is 7.11. The number of nitrogens with one attached hydrogen (secondary N) is 1. The van der Waals surface area contributed by atoms with Gasteiger partial charge >= 0.3 is 0 Å². The topological polar surface area (TPSA) is 97.8 Å². The first-order valence-corrected chi connectivity index (χ1v) is 10.0. The zero-order valence-electron chi connectivity index (χ0n) is 16.6. The minimum Gasteiger partial charge on any atom is -0.474 e. The summed E-state index contributed by atoms with van der Waals surface area (Å²) in [5, 5.41) is 2.73. The summed E-state index contributed by atoms with van der Waals surface area (Å²) in [4.78, 5) is 17.0. The second kappa shape index (κ2) is 9.13. The Hall–Kier alpha value is -2.49. The maximum Gasteiger partial charge on any atom is 0.255 e. The summed E-state index contributed by atoms with van der Waals surface area (Å²) in [7, 11) is 0.788. The van der Waals surface area contributed by atoms with Crippen LogP contribution in [-0.4, -0.2) is 58.0 Å². The van der Waals surface area contributed by atoms with Gasteiger partial charge in [-0.05, 0) is 49.2 Å². The van der Waals surface area contributed by atoms with Gasteiger partial charge in [-0.25, -0.2) is 17.7 Å². The number of pyridine rings is 1. The van der Waals surface area contributed by atoms with Crippen molar-refractivity contribution in [2.75, 3.05) is 39.7 Å². The fraction of sp³-hybridized carbons (Fsp3) is 0.368. The smallest absolute Gasteiger partial charge is 0.255 e. The van der Waals surface area contributed by atoms with Crippen molar-refractivity contribution in [1.29, 1.82) is 0 Å². The number of carbonyl (C=O) groups is 1. The molecule has 0 bridgehead atoms. The second-order valence-corrected chi connectivity index (χ2v) is 8.48. The zero-order valence-corrected chi connectivity index (χ0v) is 17.5. The molecule has 1 aromatic heterocycles. The molecule has 0 aliphatic heterocycles. The summed E-state index contributed by atoms with van der Waals surface area (Å²) in [5.41, 5.74) is 1.93. The molecule has 0 radical (unpaired) electrons. The number of ether oxygens (including phenoxy) is 2. The van der Waals surface area contributed by atoms with Gasteiger partial charge in [0, 0.05) is 33.0 Å². The quantitative estimate of drug-likeness (QED) is 0.674. The van der Waals surface area contributed by atoms with Gasteiger partial charge in [0.05, 0.1) is 11.5 Å². The Morgan fingerprint density at radius 2 is 1.93 bits per heavy atom. The molecule has 2 rings (SSSR count). The molecule has 0 fully saturated rings. The Morgan fingerprint density at radius 1 is 1.21 bits per heavy atom. The van der Waals surface area contributed by atoms with Crippen molar-refractivity contribution in [2.24, 2.45) is 0 Å². The highest BCUT2D eigenvalue weighted by Crippen LogP contribution is 2.25. The monoisotopic (exact) mass is 407 g/mol. The molecule has 1 heterocycles. The van der Waals surface area contributed by atoms with Crippen LogP contribution in [0.2, 0.25) is 0 Å². The first-order chi connectivity index (χ1) is 13.2. The highest BCUT2D eigenvalue weighted by atomic mass is 32.2. The van der Waals surface area contributed by atoms with Crippen molar-refractivity contribution < 1.29 is 22.7 Å². The maximum atomic E-state index is 12.8. The average Bonchev–Trinajstić information content (AvgIpc) is 2.65. The standard InChI is InChI=1S/C19H25N3O5S/c1-13-11-15(12-17(14(13)2)28(24,25)22(3)4)18(23)21-16-7-6-8-20-19(16)27-10-9-26-5/h6-8,11-12H,9-10H2,1-5H3,(H,21,23). The van der Waals surface area contributed by atoms with Crippen molar-refractivity contribution in [3.8, 4) is 5.88 Å². The Labute approximate surface area is 165 Å². The predicted octanol–water partition coefficient (Wildman–Crippen LogP) is 2.23. The van der Waals surface area contributed by atoms with Gasteiger partial charge in [0.25, 0.3) is 5.91 Å². The van der Waals surface area contributed by atoms with Crippen molar-refractivity contribution in [2.45, 2.75) is 18.7 Å². The van der Waals surface area contributed by atoms with E-state index < -0.39 is 15.9 Å². The van der Waals surface area contributed by atoms with E-state index in [0.29, 0.717) is 23.4 Å². The second-order valence-electron chi connectivity index (χ2n) is 6.36. The number of carbonyl (C=O) groups excluding carboxylic acids is 1. The van der Waals surface area contributed by atoms with E-state index in [2.05, 4.69) is 10.3 Å². The highest BCUT2D eigenvalue weighted by molar-refractivity contribution is 7.89. The van der Waals surface area contributed by atoms with Gasteiger partial charge in [-0.15, -0.1) is 0 Å². The molecule has 0 spiro atoms. The van der Waals surface area contributed by atoms with Crippen molar-refractivity contribution in [1.82, 2.24) is 9.29 Å². The summed E-state index contributed by atoms with van der Waals surface area (Å²) in [6.45, 7) is 4.15. The number of sulfonamides is 1. The summed E-state index contributed by atoms with van der Waals surface area (Å²) >= 11 is 0. The van der Waals surface area contributed by atoms with Crippen LogP contribution in [0.25, 0.3) is 0 Å². The summed E-state index contributed by atoms with van der Waals surface area (Å²) in [6.07, 6.45) is 1.55. The summed E-state index contributed by atoms with van der Waals surface area (Å²) in [6, 6.07) is 6.36. The number of aryl methyl sites for hydroxylation is 1. The zero-order chi connectivity index (χ0) is 20.9. The van der Waals surface area contributed by atoms with Crippen molar-refractivity contribution >= 4 is 21.6 Å². The van der Waals surface area contributed by atoms with Crippen LogP contribution < -0.4 is 10.1 Å². The lowest BCUT2D eigenvalue weighted by atomic mass is 10.1. The third-order valence-electron chi connectivity index (χ3n) is 4.19. The molecule has 0 saturated carbocycles. The van der Waals surface area contributed by atoms with Crippen molar-refractivity contribution in [3.63, 3.8) is 0 Å². The van der Waals surface area contributed by atoms with Gasteiger partial charge in [0.1, 0.15) is 12.3 Å². The fourth-order valence-corrected chi connectivity index (χ4v) is 3.66. The third kappa shape index (κ3) is 4.86. The van der Waals surface area contributed by atoms with E-state index in [9.17, 15) is 13.2 Å². The number of amides is 1. The summed E-state index contributed by atoms with van der Waals surface area (Å²) < 4.78 is 36.8. The van der Waals surface area contributed by atoms with E-state index in [0.717, 1.165) is 4.31 Å². The van der Waals surface area contributed by atoms with E-state index in [-0.39, 0.29) is 22.9 Å². The number of hydrogen-bond donors (Lipinski definition) is 1. The first kappa shape index (κ1) is 21.8.